The molecular formula is C18H17NO6. The first-order valence-corrected chi connectivity index (χ1v) is 7.71. The minimum absolute atomic E-state index is 0.218. The second-order valence-electron chi connectivity index (χ2n) is 6.01. The first-order valence-electron chi connectivity index (χ1n) is 7.71. The predicted molar refractivity (Wildman–Crippen MR) is 90.8 cm³/mol. The number of nitrogens with one attached hydrogen (secondary N) is 1. The lowest BCUT2D eigenvalue weighted by Crippen LogP contribution is -2.32. The van der Waals surface area contributed by atoms with Gasteiger partial charge in [-0.05, 0) is 38.0 Å². The molecular weight excluding hydrogens is 326 g/mol. The van der Waals surface area contributed by atoms with Crippen molar-refractivity contribution in [2.75, 3.05) is 6.54 Å². The monoisotopic (exact) mass is 343 g/mol. The van der Waals surface area contributed by atoms with Gasteiger partial charge in [0.1, 0.15) is 17.7 Å². The number of furan rings is 1. The van der Waals surface area contributed by atoms with E-state index in [0.29, 0.717) is 16.7 Å². The number of carbonyl (C=O) groups excluding carboxylic acids is 1. The van der Waals surface area contributed by atoms with Crippen molar-refractivity contribution in [1.29, 1.82) is 0 Å². The molecule has 0 unspecified atom stereocenters. The summed E-state index contributed by atoms with van der Waals surface area (Å²) < 4.78 is 11.0. The van der Waals surface area contributed by atoms with Crippen molar-refractivity contribution in [2.24, 2.45) is 0 Å². The molecule has 7 nitrogen and oxygen atoms in total. The van der Waals surface area contributed by atoms with Crippen LogP contribution in [0.25, 0.3) is 21.9 Å². The fraction of sp³-hybridized carbons (Fsp3) is 0.278. The van der Waals surface area contributed by atoms with Gasteiger partial charge in [-0.25, -0.2) is 4.79 Å². The van der Waals surface area contributed by atoms with Crippen LogP contribution in [0.4, 0.5) is 0 Å². The largest absolute Gasteiger partial charge is 0.480 e. The molecule has 1 aromatic carbocycles. The summed E-state index contributed by atoms with van der Waals surface area (Å²) in [6, 6.07) is 1.88. The average molecular weight is 343 g/mol. The number of carboxylic acid groups (broad SMARTS) is 1. The first-order chi connectivity index (χ1) is 11.8. The zero-order chi connectivity index (χ0) is 18.3. The van der Waals surface area contributed by atoms with Crippen molar-refractivity contribution in [3.8, 4) is 0 Å². The SMILES string of the molecule is Cc1coc2c(C)c3oc(=O)c(CC(=O)NCC(=O)O)c(C)c3cc12. The molecule has 0 aliphatic carbocycles. The summed E-state index contributed by atoms with van der Waals surface area (Å²) >= 11 is 0. The molecule has 0 radical (unpaired) electrons. The van der Waals surface area contributed by atoms with Gasteiger partial charge in [0.15, 0.2) is 0 Å². The molecule has 3 aromatic rings. The van der Waals surface area contributed by atoms with Gasteiger partial charge in [-0.3, -0.25) is 9.59 Å². The first kappa shape index (κ1) is 16.8. The lowest BCUT2D eigenvalue weighted by atomic mass is 9.99. The van der Waals surface area contributed by atoms with Crippen LogP contribution in [0.1, 0.15) is 22.3 Å². The number of carbonyl (C=O) groups is 2. The van der Waals surface area contributed by atoms with Gasteiger partial charge in [0, 0.05) is 16.3 Å². The van der Waals surface area contributed by atoms with E-state index in [2.05, 4.69) is 5.32 Å². The topological polar surface area (TPSA) is 110 Å². The summed E-state index contributed by atoms with van der Waals surface area (Å²) in [7, 11) is 0. The van der Waals surface area contributed by atoms with Gasteiger partial charge in [0.05, 0.1) is 18.2 Å². The maximum atomic E-state index is 12.3. The van der Waals surface area contributed by atoms with Crippen molar-refractivity contribution in [3.05, 3.63) is 45.0 Å². The highest BCUT2D eigenvalue weighted by molar-refractivity contribution is 6.00. The van der Waals surface area contributed by atoms with Gasteiger partial charge in [-0.1, -0.05) is 0 Å². The number of fused-ring (bicyclic) bond motifs is 2. The number of aliphatic carboxylic acids is 1. The van der Waals surface area contributed by atoms with Gasteiger partial charge >= 0.3 is 11.6 Å². The molecule has 2 aromatic heterocycles. The van der Waals surface area contributed by atoms with Crippen molar-refractivity contribution in [3.63, 3.8) is 0 Å². The summed E-state index contributed by atoms with van der Waals surface area (Å²) in [4.78, 5) is 34.7. The van der Waals surface area contributed by atoms with Crippen molar-refractivity contribution < 1.29 is 23.5 Å². The van der Waals surface area contributed by atoms with Gasteiger partial charge in [0.2, 0.25) is 5.91 Å². The Kier molecular flexibility index (Phi) is 4.08. The summed E-state index contributed by atoms with van der Waals surface area (Å²) in [5, 5.41) is 12.5. The molecule has 0 saturated carbocycles. The molecule has 7 heteroatoms. The van der Waals surface area contributed by atoms with Crippen LogP contribution >= 0.6 is 0 Å². The van der Waals surface area contributed by atoms with E-state index < -0.39 is 24.0 Å². The normalized spacial score (nSPS) is 11.2. The molecule has 2 N–H and O–H groups in total. The minimum Gasteiger partial charge on any atom is -0.480 e. The molecule has 130 valence electrons. The molecule has 0 aliphatic heterocycles. The number of hydrogen-bond donors (Lipinski definition) is 2. The third kappa shape index (κ3) is 2.88. The van der Waals surface area contributed by atoms with Crippen LogP contribution in [0.5, 0.6) is 0 Å². The molecule has 1 amide bonds. The molecule has 0 atom stereocenters. The van der Waals surface area contributed by atoms with Gasteiger partial charge in [0.25, 0.3) is 0 Å². The second-order valence-corrected chi connectivity index (χ2v) is 6.01. The Morgan fingerprint density at radius 3 is 2.52 bits per heavy atom. The fourth-order valence-electron chi connectivity index (χ4n) is 2.92. The maximum Gasteiger partial charge on any atom is 0.340 e. The second kappa shape index (κ2) is 6.08. The van der Waals surface area contributed by atoms with Crippen LogP contribution in [-0.4, -0.2) is 23.5 Å². The Hall–Kier alpha value is -3.09. The van der Waals surface area contributed by atoms with Gasteiger partial charge < -0.3 is 19.3 Å². The van der Waals surface area contributed by atoms with Gasteiger partial charge in [-0.15, -0.1) is 0 Å². The predicted octanol–water partition coefficient (Wildman–Crippen LogP) is 2.21. The Bertz CT molecular complexity index is 1070. The molecule has 3 rings (SSSR count). The van der Waals surface area contributed by atoms with Crippen LogP contribution in [0.3, 0.4) is 0 Å². The summed E-state index contributed by atoms with van der Waals surface area (Å²) in [6.07, 6.45) is 1.41. The van der Waals surface area contributed by atoms with E-state index in [1.165, 1.54) is 0 Å². The highest BCUT2D eigenvalue weighted by Gasteiger charge is 2.19. The van der Waals surface area contributed by atoms with Gasteiger partial charge in [-0.2, -0.15) is 0 Å². The van der Waals surface area contributed by atoms with E-state index >= 15 is 0 Å². The van der Waals surface area contributed by atoms with Crippen LogP contribution in [-0.2, 0) is 16.0 Å². The Balaban J connectivity index is 2.13. The average Bonchev–Trinajstić information content (AvgIpc) is 2.92. The minimum atomic E-state index is -1.15. The quantitative estimate of drug-likeness (QED) is 0.703. The molecule has 0 aliphatic rings. The standard InChI is InChI=1S/C18H17NO6/c1-8-7-24-16-10(3)17-12(4-11(8)16)9(2)13(18(23)25-17)5-14(20)19-6-15(21)22/h4,7H,5-6H2,1-3H3,(H,19,20)(H,21,22). The lowest BCUT2D eigenvalue weighted by Gasteiger charge is -2.10. The van der Waals surface area contributed by atoms with Crippen LogP contribution in [0.15, 0.2) is 26.0 Å². The van der Waals surface area contributed by atoms with E-state index in [1.807, 2.05) is 19.9 Å². The third-order valence-electron chi connectivity index (χ3n) is 4.31. The molecule has 0 saturated heterocycles. The van der Waals surface area contributed by atoms with Crippen molar-refractivity contribution in [2.45, 2.75) is 27.2 Å². The Labute approximate surface area is 142 Å². The van der Waals surface area contributed by atoms with E-state index in [9.17, 15) is 14.4 Å². The van der Waals surface area contributed by atoms with Crippen LogP contribution < -0.4 is 10.9 Å². The number of rotatable bonds is 4. The van der Waals surface area contributed by atoms with Crippen LogP contribution in [0, 0.1) is 20.8 Å². The lowest BCUT2D eigenvalue weighted by molar-refractivity contribution is -0.137. The molecule has 0 bridgehead atoms. The molecule has 0 fully saturated rings. The molecule has 0 spiro atoms. The number of amides is 1. The van der Waals surface area contributed by atoms with Crippen molar-refractivity contribution >= 4 is 33.8 Å². The highest BCUT2D eigenvalue weighted by Crippen LogP contribution is 2.32. The van der Waals surface area contributed by atoms with Crippen molar-refractivity contribution in [1.82, 2.24) is 5.32 Å². The van der Waals surface area contributed by atoms with E-state index in [-0.39, 0.29) is 12.0 Å². The highest BCUT2D eigenvalue weighted by atomic mass is 16.4. The fourth-order valence-corrected chi connectivity index (χ4v) is 2.92. The van der Waals surface area contributed by atoms with E-state index in [0.717, 1.165) is 21.9 Å². The zero-order valence-electron chi connectivity index (χ0n) is 14.1. The number of hydrogen-bond acceptors (Lipinski definition) is 5. The number of carboxylic acids is 1. The van der Waals surface area contributed by atoms with E-state index in [1.54, 1.807) is 13.2 Å². The third-order valence-corrected chi connectivity index (χ3v) is 4.31. The van der Waals surface area contributed by atoms with Crippen LogP contribution in [0.2, 0.25) is 0 Å². The summed E-state index contributed by atoms with van der Waals surface area (Å²) in [6.45, 7) is 4.99. The number of benzene rings is 1. The van der Waals surface area contributed by atoms with E-state index in [4.69, 9.17) is 13.9 Å². The maximum absolute atomic E-state index is 12.3. The zero-order valence-corrected chi connectivity index (χ0v) is 14.1. The smallest absolute Gasteiger partial charge is 0.340 e. The molecule has 2 heterocycles. The Morgan fingerprint density at radius 2 is 1.84 bits per heavy atom. The number of aryl methyl sites for hydroxylation is 3. The molecule has 25 heavy (non-hydrogen) atoms. The summed E-state index contributed by atoms with van der Waals surface area (Å²) in [5.74, 6) is -1.70. The summed E-state index contributed by atoms with van der Waals surface area (Å²) in [5.41, 5.74) is 3.03. The Morgan fingerprint density at radius 1 is 1.12 bits per heavy atom.